The highest BCUT2D eigenvalue weighted by Gasteiger charge is 2.34. The highest BCUT2D eigenvalue weighted by molar-refractivity contribution is 9.10. The van der Waals surface area contributed by atoms with Crippen LogP contribution in [0.15, 0.2) is 21.2 Å². The maximum Gasteiger partial charge on any atom is 0.327 e. The highest BCUT2D eigenvalue weighted by atomic mass is 79.9. The van der Waals surface area contributed by atoms with Crippen LogP contribution in [0.25, 0.3) is 0 Å². The number of rotatable bonds is 2. The fourth-order valence-corrected chi connectivity index (χ4v) is 0.884. The van der Waals surface area contributed by atoms with Gasteiger partial charge in [0.2, 0.25) is 0 Å². The summed E-state index contributed by atoms with van der Waals surface area (Å²) >= 11 is 2.95. The maximum absolute atomic E-state index is 12.5. The Balaban J connectivity index is 2.92. The van der Waals surface area contributed by atoms with E-state index in [0.29, 0.717) is 4.47 Å². The van der Waals surface area contributed by atoms with Crippen molar-refractivity contribution in [2.24, 2.45) is 0 Å². The lowest BCUT2D eigenvalue weighted by molar-refractivity contribution is -0.0722. The van der Waals surface area contributed by atoms with Crippen molar-refractivity contribution in [3.63, 3.8) is 0 Å². The van der Waals surface area contributed by atoms with E-state index in [1.807, 2.05) is 0 Å². The lowest BCUT2D eigenvalue weighted by Crippen LogP contribution is -2.17. The van der Waals surface area contributed by atoms with Crippen LogP contribution in [0.3, 0.4) is 0 Å². The number of hydrogen-bond acceptors (Lipinski definition) is 2. The van der Waals surface area contributed by atoms with Crippen molar-refractivity contribution in [3.05, 3.63) is 22.6 Å². The topological polar surface area (TPSA) is 33.4 Å². The van der Waals surface area contributed by atoms with Gasteiger partial charge in [-0.05, 0) is 15.9 Å². The third-order valence-corrected chi connectivity index (χ3v) is 1.54. The molecule has 0 aromatic carbocycles. The maximum atomic E-state index is 12.5. The minimum absolute atomic E-state index is 0.431. The molecule has 0 aliphatic heterocycles. The van der Waals surface area contributed by atoms with E-state index in [2.05, 4.69) is 20.3 Å². The molecular formula is C6H5BrF2O2. The van der Waals surface area contributed by atoms with Gasteiger partial charge < -0.3 is 9.52 Å². The van der Waals surface area contributed by atoms with E-state index in [1.54, 1.807) is 0 Å². The zero-order valence-corrected chi connectivity index (χ0v) is 6.94. The molecule has 0 spiro atoms. The average molecular weight is 227 g/mol. The Kier molecular flexibility index (Phi) is 2.29. The van der Waals surface area contributed by atoms with Crippen LogP contribution in [0.2, 0.25) is 0 Å². The van der Waals surface area contributed by atoms with Crippen molar-refractivity contribution in [3.8, 4) is 0 Å². The van der Waals surface area contributed by atoms with Crippen molar-refractivity contribution in [1.82, 2.24) is 0 Å². The number of aliphatic hydroxyl groups excluding tert-OH is 1. The van der Waals surface area contributed by atoms with Gasteiger partial charge in [0, 0.05) is 6.07 Å². The van der Waals surface area contributed by atoms with E-state index in [-0.39, 0.29) is 0 Å². The fraction of sp³-hybridized carbons (Fsp3) is 0.333. The molecule has 1 rings (SSSR count). The van der Waals surface area contributed by atoms with E-state index in [1.165, 1.54) is 0 Å². The molecule has 0 radical (unpaired) electrons. The molecule has 0 bridgehead atoms. The van der Waals surface area contributed by atoms with Crippen LogP contribution in [0, 0.1) is 0 Å². The Hall–Kier alpha value is -0.420. The SMILES string of the molecule is OCC(F)(F)c1cc(Br)co1. The zero-order valence-electron chi connectivity index (χ0n) is 5.35. The van der Waals surface area contributed by atoms with Gasteiger partial charge in [0.05, 0.1) is 4.47 Å². The van der Waals surface area contributed by atoms with E-state index >= 15 is 0 Å². The first-order chi connectivity index (χ1) is 5.06. The Labute approximate surface area is 69.9 Å². The molecule has 1 heterocycles. The number of aliphatic hydroxyl groups is 1. The van der Waals surface area contributed by atoms with Gasteiger partial charge in [0.15, 0.2) is 5.76 Å². The molecule has 1 aromatic heterocycles. The summed E-state index contributed by atoms with van der Waals surface area (Å²) in [5.41, 5.74) is 0. The Bertz CT molecular complexity index is 246. The molecule has 0 aliphatic carbocycles. The lowest BCUT2D eigenvalue weighted by Gasteiger charge is -2.07. The summed E-state index contributed by atoms with van der Waals surface area (Å²) in [5.74, 6) is -3.82. The van der Waals surface area contributed by atoms with E-state index in [0.717, 1.165) is 12.3 Å². The van der Waals surface area contributed by atoms with Gasteiger partial charge in [0.25, 0.3) is 0 Å². The largest absolute Gasteiger partial charge is 0.462 e. The first kappa shape index (κ1) is 8.67. The molecule has 0 aliphatic rings. The Morgan fingerprint density at radius 2 is 2.27 bits per heavy atom. The lowest BCUT2D eigenvalue weighted by atomic mass is 10.3. The van der Waals surface area contributed by atoms with Gasteiger partial charge >= 0.3 is 5.92 Å². The number of furan rings is 1. The van der Waals surface area contributed by atoms with Crippen molar-refractivity contribution in [1.29, 1.82) is 0 Å². The molecule has 0 amide bonds. The van der Waals surface area contributed by atoms with Crippen LogP contribution >= 0.6 is 15.9 Å². The van der Waals surface area contributed by atoms with Crippen LogP contribution in [0.1, 0.15) is 5.76 Å². The quantitative estimate of drug-likeness (QED) is 0.839. The predicted octanol–water partition coefficient (Wildman–Crippen LogP) is 2.13. The first-order valence-corrected chi connectivity index (χ1v) is 3.59. The van der Waals surface area contributed by atoms with Crippen LogP contribution < -0.4 is 0 Å². The standard InChI is InChI=1S/C6H5BrF2O2/c7-4-1-5(11-2-4)6(8,9)3-10/h1-2,10H,3H2. The normalized spacial score (nSPS) is 12.0. The van der Waals surface area contributed by atoms with E-state index in [9.17, 15) is 8.78 Å². The molecule has 2 nitrogen and oxygen atoms in total. The molecule has 62 valence electrons. The second-order valence-corrected chi connectivity index (χ2v) is 2.91. The summed E-state index contributed by atoms with van der Waals surface area (Å²) in [6.07, 6.45) is 1.14. The first-order valence-electron chi connectivity index (χ1n) is 2.79. The van der Waals surface area contributed by atoms with E-state index < -0.39 is 18.3 Å². The van der Waals surface area contributed by atoms with Gasteiger partial charge in [-0.1, -0.05) is 0 Å². The monoisotopic (exact) mass is 226 g/mol. The predicted molar refractivity (Wildman–Crippen MR) is 37.4 cm³/mol. The summed E-state index contributed by atoms with van der Waals surface area (Å²) in [6, 6.07) is 1.12. The summed E-state index contributed by atoms with van der Waals surface area (Å²) in [5, 5.41) is 8.23. The second-order valence-electron chi connectivity index (χ2n) is 1.99. The van der Waals surface area contributed by atoms with Crippen molar-refractivity contribution in [2.75, 3.05) is 6.61 Å². The fourth-order valence-electron chi connectivity index (χ4n) is 0.583. The zero-order chi connectivity index (χ0) is 8.48. The van der Waals surface area contributed by atoms with Gasteiger partial charge in [-0.15, -0.1) is 0 Å². The van der Waals surface area contributed by atoms with Gasteiger partial charge in [-0.25, -0.2) is 0 Å². The summed E-state index contributed by atoms with van der Waals surface area (Å²) in [6.45, 7) is -1.24. The number of halogens is 3. The van der Waals surface area contributed by atoms with Crippen LogP contribution in [-0.4, -0.2) is 11.7 Å². The minimum atomic E-state index is -3.29. The van der Waals surface area contributed by atoms with Crippen molar-refractivity contribution < 1.29 is 18.3 Å². The number of alkyl halides is 2. The van der Waals surface area contributed by atoms with Crippen molar-refractivity contribution in [2.45, 2.75) is 5.92 Å². The van der Waals surface area contributed by atoms with Gasteiger partial charge in [-0.3, -0.25) is 0 Å². The molecule has 1 aromatic rings. The summed E-state index contributed by atoms with van der Waals surface area (Å²) in [7, 11) is 0. The molecule has 0 atom stereocenters. The van der Waals surface area contributed by atoms with Gasteiger partial charge in [0.1, 0.15) is 12.9 Å². The third-order valence-electron chi connectivity index (χ3n) is 1.13. The molecule has 0 saturated carbocycles. The summed E-state index contributed by atoms with van der Waals surface area (Å²) in [4.78, 5) is 0. The molecule has 1 N–H and O–H groups in total. The van der Waals surface area contributed by atoms with Crippen LogP contribution in [-0.2, 0) is 5.92 Å². The van der Waals surface area contributed by atoms with Crippen LogP contribution in [0.5, 0.6) is 0 Å². The number of hydrogen-bond donors (Lipinski definition) is 1. The van der Waals surface area contributed by atoms with Crippen molar-refractivity contribution >= 4 is 15.9 Å². The molecular weight excluding hydrogens is 222 g/mol. The van der Waals surface area contributed by atoms with E-state index in [4.69, 9.17) is 5.11 Å². The molecule has 11 heavy (non-hydrogen) atoms. The highest BCUT2D eigenvalue weighted by Crippen LogP contribution is 2.30. The average Bonchev–Trinajstić information content (AvgIpc) is 2.36. The molecule has 0 saturated heterocycles. The Morgan fingerprint density at radius 3 is 2.64 bits per heavy atom. The summed E-state index contributed by atoms with van der Waals surface area (Å²) < 4.78 is 30.0. The third kappa shape index (κ3) is 1.78. The Morgan fingerprint density at radius 1 is 1.64 bits per heavy atom. The smallest absolute Gasteiger partial charge is 0.327 e. The molecule has 0 unspecified atom stereocenters. The van der Waals surface area contributed by atoms with Crippen LogP contribution in [0.4, 0.5) is 8.78 Å². The molecule has 5 heteroatoms. The minimum Gasteiger partial charge on any atom is -0.462 e. The van der Waals surface area contributed by atoms with Gasteiger partial charge in [-0.2, -0.15) is 8.78 Å². The second kappa shape index (κ2) is 2.91. The molecule has 0 fully saturated rings.